The number of hydrogen-bond acceptors (Lipinski definition) is 6. The molecule has 0 aliphatic rings. The standard InChI is InChI=1S/C20H17FN4O4/c1-22-18-7-4-15(25(27)28)11-17(18)20(26)24-12-13-8-9-23-19(10-13)29-16-5-2-14(21)3-6-16/h2-11,22H,12H2,1H3,(H,24,26). The Hall–Kier alpha value is -4.01. The number of amides is 1. The number of halogens is 1. The Bertz CT molecular complexity index is 1040. The summed E-state index contributed by atoms with van der Waals surface area (Å²) in [4.78, 5) is 27.0. The molecule has 0 radical (unpaired) electrons. The van der Waals surface area contributed by atoms with Crippen molar-refractivity contribution in [1.29, 1.82) is 0 Å². The van der Waals surface area contributed by atoms with Crippen molar-refractivity contribution >= 4 is 17.3 Å². The predicted octanol–water partition coefficient (Wildman–Crippen LogP) is 3.89. The average Bonchev–Trinajstić information content (AvgIpc) is 2.73. The van der Waals surface area contributed by atoms with E-state index in [0.717, 1.165) is 0 Å². The van der Waals surface area contributed by atoms with E-state index in [1.165, 1.54) is 48.7 Å². The van der Waals surface area contributed by atoms with E-state index >= 15 is 0 Å². The normalized spacial score (nSPS) is 10.3. The molecule has 0 aliphatic heterocycles. The van der Waals surface area contributed by atoms with Gasteiger partial charge in [0.05, 0.1) is 10.5 Å². The number of aromatic nitrogens is 1. The van der Waals surface area contributed by atoms with Crippen LogP contribution in [-0.4, -0.2) is 22.9 Å². The van der Waals surface area contributed by atoms with Gasteiger partial charge >= 0.3 is 0 Å². The lowest BCUT2D eigenvalue weighted by atomic mass is 10.1. The second kappa shape index (κ2) is 8.79. The summed E-state index contributed by atoms with van der Waals surface area (Å²) >= 11 is 0. The molecule has 0 saturated heterocycles. The summed E-state index contributed by atoms with van der Waals surface area (Å²) in [5, 5.41) is 16.5. The van der Waals surface area contributed by atoms with Gasteiger partial charge in [0.2, 0.25) is 5.88 Å². The van der Waals surface area contributed by atoms with E-state index in [-0.39, 0.29) is 29.5 Å². The van der Waals surface area contributed by atoms with Crippen LogP contribution in [0.4, 0.5) is 15.8 Å². The van der Waals surface area contributed by atoms with Crippen LogP contribution in [0.5, 0.6) is 11.6 Å². The Morgan fingerprint density at radius 2 is 1.93 bits per heavy atom. The molecular formula is C20H17FN4O4. The summed E-state index contributed by atoms with van der Waals surface area (Å²) in [5.74, 6) is -0.121. The minimum atomic E-state index is -0.557. The summed E-state index contributed by atoms with van der Waals surface area (Å²) in [7, 11) is 1.62. The molecule has 0 unspecified atom stereocenters. The SMILES string of the molecule is CNc1ccc([N+](=O)[O-])cc1C(=O)NCc1ccnc(Oc2ccc(F)cc2)c1. The Labute approximate surface area is 165 Å². The fourth-order valence-corrected chi connectivity index (χ4v) is 2.57. The molecular weight excluding hydrogens is 379 g/mol. The molecule has 0 fully saturated rings. The zero-order valence-corrected chi connectivity index (χ0v) is 15.4. The first-order valence-electron chi connectivity index (χ1n) is 8.59. The number of pyridine rings is 1. The highest BCUT2D eigenvalue weighted by atomic mass is 19.1. The molecule has 0 spiro atoms. The van der Waals surface area contributed by atoms with Gasteiger partial charge in [-0.25, -0.2) is 9.37 Å². The van der Waals surface area contributed by atoms with Crippen LogP contribution in [0.15, 0.2) is 60.8 Å². The maximum Gasteiger partial charge on any atom is 0.270 e. The Balaban J connectivity index is 1.70. The molecule has 0 bridgehead atoms. The fraction of sp³-hybridized carbons (Fsp3) is 0.100. The molecule has 148 valence electrons. The number of nitrogens with zero attached hydrogens (tertiary/aromatic N) is 2. The quantitative estimate of drug-likeness (QED) is 0.463. The van der Waals surface area contributed by atoms with Crippen LogP contribution in [0.25, 0.3) is 0 Å². The molecule has 0 atom stereocenters. The van der Waals surface area contributed by atoms with Gasteiger partial charge in [-0.05, 0) is 42.0 Å². The number of hydrogen-bond donors (Lipinski definition) is 2. The summed E-state index contributed by atoms with van der Waals surface area (Å²) in [6.07, 6.45) is 1.52. The molecule has 1 aromatic heterocycles. The largest absolute Gasteiger partial charge is 0.439 e. The first kappa shape index (κ1) is 19.7. The molecule has 0 saturated carbocycles. The molecule has 2 aromatic carbocycles. The third kappa shape index (κ3) is 5.04. The number of non-ortho nitro benzene ring substituents is 1. The highest BCUT2D eigenvalue weighted by Gasteiger charge is 2.16. The van der Waals surface area contributed by atoms with Gasteiger partial charge in [-0.1, -0.05) is 0 Å². The van der Waals surface area contributed by atoms with Crippen molar-refractivity contribution in [2.24, 2.45) is 0 Å². The molecule has 1 heterocycles. The Morgan fingerprint density at radius 1 is 1.17 bits per heavy atom. The molecule has 1 amide bonds. The van der Waals surface area contributed by atoms with Gasteiger partial charge in [0, 0.05) is 43.7 Å². The fourth-order valence-electron chi connectivity index (χ4n) is 2.57. The second-order valence-corrected chi connectivity index (χ2v) is 5.98. The van der Waals surface area contributed by atoms with Crippen LogP contribution in [0, 0.1) is 15.9 Å². The molecule has 29 heavy (non-hydrogen) atoms. The van der Waals surface area contributed by atoms with E-state index in [1.807, 2.05) is 0 Å². The Morgan fingerprint density at radius 3 is 2.62 bits per heavy atom. The topological polar surface area (TPSA) is 106 Å². The summed E-state index contributed by atoms with van der Waals surface area (Å²) in [6.45, 7) is 0.160. The maximum atomic E-state index is 13.0. The van der Waals surface area contributed by atoms with E-state index in [9.17, 15) is 19.3 Å². The number of carbonyl (C=O) groups is 1. The van der Waals surface area contributed by atoms with E-state index in [4.69, 9.17) is 4.74 Å². The van der Waals surface area contributed by atoms with Crippen LogP contribution in [0.2, 0.25) is 0 Å². The van der Waals surface area contributed by atoms with Gasteiger partial charge in [-0.15, -0.1) is 0 Å². The minimum Gasteiger partial charge on any atom is -0.439 e. The molecule has 2 N–H and O–H groups in total. The van der Waals surface area contributed by atoms with E-state index in [2.05, 4.69) is 15.6 Å². The van der Waals surface area contributed by atoms with Crippen molar-refractivity contribution < 1.29 is 18.8 Å². The molecule has 3 rings (SSSR count). The van der Waals surface area contributed by atoms with Crippen LogP contribution in [0.3, 0.4) is 0 Å². The zero-order chi connectivity index (χ0) is 20.8. The van der Waals surface area contributed by atoms with Crippen molar-refractivity contribution in [1.82, 2.24) is 10.3 Å². The number of nitro benzene ring substituents is 1. The van der Waals surface area contributed by atoms with Crippen molar-refractivity contribution in [3.05, 3.63) is 87.9 Å². The van der Waals surface area contributed by atoms with E-state index in [0.29, 0.717) is 17.0 Å². The van der Waals surface area contributed by atoms with Crippen molar-refractivity contribution in [2.45, 2.75) is 6.54 Å². The van der Waals surface area contributed by atoms with Gasteiger partial charge in [0.15, 0.2) is 0 Å². The van der Waals surface area contributed by atoms with Gasteiger partial charge in [0.1, 0.15) is 11.6 Å². The van der Waals surface area contributed by atoms with E-state index in [1.54, 1.807) is 19.2 Å². The lowest BCUT2D eigenvalue weighted by Crippen LogP contribution is -2.24. The lowest BCUT2D eigenvalue weighted by molar-refractivity contribution is -0.384. The first-order valence-corrected chi connectivity index (χ1v) is 8.59. The number of anilines is 1. The van der Waals surface area contributed by atoms with Crippen LogP contribution in [0.1, 0.15) is 15.9 Å². The van der Waals surface area contributed by atoms with Crippen molar-refractivity contribution in [2.75, 3.05) is 12.4 Å². The van der Waals surface area contributed by atoms with Crippen LogP contribution in [-0.2, 0) is 6.54 Å². The smallest absolute Gasteiger partial charge is 0.270 e. The van der Waals surface area contributed by atoms with Crippen molar-refractivity contribution in [3.63, 3.8) is 0 Å². The van der Waals surface area contributed by atoms with Gasteiger partial charge in [-0.3, -0.25) is 14.9 Å². The average molecular weight is 396 g/mol. The zero-order valence-electron chi connectivity index (χ0n) is 15.4. The number of nitrogens with one attached hydrogen (secondary N) is 2. The molecule has 8 nitrogen and oxygen atoms in total. The second-order valence-electron chi connectivity index (χ2n) is 5.98. The monoisotopic (exact) mass is 396 g/mol. The first-order chi connectivity index (χ1) is 14.0. The van der Waals surface area contributed by atoms with Gasteiger partial charge in [-0.2, -0.15) is 0 Å². The molecule has 3 aromatic rings. The minimum absolute atomic E-state index is 0.160. The summed E-state index contributed by atoms with van der Waals surface area (Å²) < 4.78 is 18.5. The Kier molecular flexibility index (Phi) is 5.98. The van der Waals surface area contributed by atoms with E-state index < -0.39 is 10.8 Å². The van der Waals surface area contributed by atoms with Gasteiger partial charge < -0.3 is 15.4 Å². The number of nitro groups is 1. The summed E-state index contributed by atoms with van der Waals surface area (Å²) in [6, 6.07) is 12.9. The summed E-state index contributed by atoms with van der Waals surface area (Å²) in [5.41, 5.74) is 1.18. The maximum absolute atomic E-state index is 13.0. The molecule has 9 heteroatoms. The number of carbonyl (C=O) groups excluding carboxylic acids is 1. The predicted molar refractivity (Wildman–Crippen MR) is 105 cm³/mol. The molecule has 0 aliphatic carbocycles. The van der Waals surface area contributed by atoms with Crippen LogP contribution >= 0.6 is 0 Å². The number of rotatable bonds is 7. The third-order valence-corrected chi connectivity index (χ3v) is 4.02. The number of ether oxygens (including phenoxy) is 1. The highest BCUT2D eigenvalue weighted by Crippen LogP contribution is 2.23. The highest BCUT2D eigenvalue weighted by molar-refractivity contribution is 6.00. The van der Waals surface area contributed by atoms with Crippen molar-refractivity contribution in [3.8, 4) is 11.6 Å². The van der Waals surface area contributed by atoms with Crippen LogP contribution < -0.4 is 15.4 Å². The lowest BCUT2D eigenvalue weighted by Gasteiger charge is -2.11. The third-order valence-electron chi connectivity index (χ3n) is 4.02. The number of benzene rings is 2. The van der Waals surface area contributed by atoms with Gasteiger partial charge in [0.25, 0.3) is 11.6 Å².